The first-order valence-electron chi connectivity index (χ1n) is 15.7. The van der Waals surface area contributed by atoms with Crippen molar-refractivity contribution in [2.75, 3.05) is 5.75 Å². The second-order valence-electron chi connectivity index (χ2n) is 14.0. The highest BCUT2D eigenvalue weighted by molar-refractivity contribution is 7.99. The van der Waals surface area contributed by atoms with Gasteiger partial charge in [-0.2, -0.15) is 10.1 Å². The van der Waals surface area contributed by atoms with Crippen molar-refractivity contribution in [2.45, 2.75) is 76.2 Å². The second kappa shape index (κ2) is 9.86. The van der Waals surface area contributed by atoms with Crippen molar-refractivity contribution in [3.8, 4) is 5.69 Å². The number of para-hydroxylation sites is 1. The number of rotatable bonds is 5. The number of carbonyl (C=O) groups is 1. The Morgan fingerprint density at radius 1 is 1.18 bits per heavy atom. The molecule has 0 bridgehead atoms. The van der Waals surface area contributed by atoms with E-state index in [1.54, 1.807) is 18.3 Å². The van der Waals surface area contributed by atoms with Gasteiger partial charge in [-0.1, -0.05) is 49.4 Å². The Bertz CT molecular complexity index is 1800. The highest BCUT2D eigenvalue weighted by atomic mass is 32.2. The molecule has 0 aliphatic heterocycles. The summed E-state index contributed by atoms with van der Waals surface area (Å²) in [5.41, 5.74) is 4.72. The van der Waals surface area contributed by atoms with Gasteiger partial charge >= 0.3 is 0 Å². The van der Waals surface area contributed by atoms with Gasteiger partial charge in [0.1, 0.15) is 5.60 Å². The summed E-state index contributed by atoms with van der Waals surface area (Å²) in [5, 5.41) is 29.3. The van der Waals surface area contributed by atoms with Crippen LogP contribution in [-0.2, 0) is 11.2 Å². The Hall–Kier alpha value is -3.27. The number of ketones is 1. The molecule has 3 aromatic heterocycles. The van der Waals surface area contributed by atoms with Crippen LogP contribution in [0.4, 0.5) is 0 Å². The predicted octanol–water partition coefficient (Wildman–Crippen LogP) is 5.96. The van der Waals surface area contributed by atoms with Crippen molar-refractivity contribution in [3.63, 3.8) is 0 Å². The summed E-state index contributed by atoms with van der Waals surface area (Å²) in [6.45, 7) is 6.49. The fraction of sp³-hybridized carbons (Fsp3) is 0.486. The standard InChI is InChI=1S/C35H38N4O4S/c1-20-7-4-5-8-25(20)39-26-15-22-10-11-23-24-12-13-35(42,29(41)19-44-32-38-31-28(43-32)9-6-14-36-31)34(24,3)17-27(40)30(23)33(22,2)16-21(26)18-37-39/h4-9,14-15,18,23-24,27,30,40,42H,10-13,16-17,19H2,1-3H3/t23?,24?,27-,30?,33?,34?,35?/m0/s1. The van der Waals surface area contributed by atoms with Crippen LogP contribution in [0.3, 0.4) is 0 Å². The van der Waals surface area contributed by atoms with Gasteiger partial charge < -0.3 is 14.6 Å². The molecule has 8 nitrogen and oxygen atoms in total. The number of allylic oxidation sites excluding steroid dienone is 1. The van der Waals surface area contributed by atoms with Crippen LogP contribution in [0.25, 0.3) is 23.0 Å². The first-order valence-corrected chi connectivity index (χ1v) is 16.7. The van der Waals surface area contributed by atoms with Gasteiger partial charge in [-0.3, -0.25) is 4.79 Å². The number of oxazole rings is 1. The van der Waals surface area contributed by atoms with E-state index in [4.69, 9.17) is 9.52 Å². The molecule has 0 saturated heterocycles. The largest absolute Gasteiger partial charge is 0.430 e. The maximum absolute atomic E-state index is 13.8. The molecule has 4 aromatic rings. The molecule has 228 valence electrons. The maximum atomic E-state index is 13.8. The maximum Gasteiger partial charge on any atom is 0.258 e. The average molecular weight is 611 g/mol. The number of hydrogen-bond acceptors (Lipinski definition) is 8. The van der Waals surface area contributed by atoms with Crippen LogP contribution >= 0.6 is 11.8 Å². The van der Waals surface area contributed by atoms with Gasteiger partial charge in [0.25, 0.3) is 5.22 Å². The highest BCUT2D eigenvalue weighted by Gasteiger charge is 2.68. The molecule has 1 aromatic carbocycles. The van der Waals surface area contributed by atoms with Crippen molar-refractivity contribution in [1.82, 2.24) is 19.7 Å². The lowest BCUT2D eigenvalue weighted by Gasteiger charge is -2.60. The van der Waals surface area contributed by atoms with Gasteiger partial charge in [-0.05, 0) is 104 Å². The van der Waals surface area contributed by atoms with E-state index in [0.717, 1.165) is 37.1 Å². The van der Waals surface area contributed by atoms with E-state index in [0.29, 0.717) is 29.3 Å². The number of hydrogen-bond donors (Lipinski definition) is 2. The molecule has 0 spiro atoms. The van der Waals surface area contributed by atoms with E-state index in [9.17, 15) is 15.0 Å². The number of benzene rings is 1. The third kappa shape index (κ3) is 3.91. The summed E-state index contributed by atoms with van der Waals surface area (Å²) >= 11 is 1.21. The molecule has 3 saturated carbocycles. The number of carbonyl (C=O) groups excluding carboxylic acids is 1. The van der Waals surface area contributed by atoms with E-state index >= 15 is 0 Å². The lowest BCUT2D eigenvalue weighted by molar-refractivity contribution is -0.177. The van der Waals surface area contributed by atoms with E-state index < -0.39 is 17.1 Å². The van der Waals surface area contributed by atoms with Crippen LogP contribution in [0, 0.1) is 35.5 Å². The molecule has 9 heteroatoms. The van der Waals surface area contributed by atoms with Crippen LogP contribution in [0.1, 0.15) is 62.8 Å². The van der Waals surface area contributed by atoms with Crippen LogP contribution in [0.2, 0.25) is 0 Å². The van der Waals surface area contributed by atoms with Crippen molar-refractivity contribution < 1.29 is 19.4 Å². The van der Waals surface area contributed by atoms with Crippen molar-refractivity contribution in [2.24, 2.45) is 28.6 Å². The number of aliphatic hydroxyl groups excluding tert-OH is 1. The summed E-state index contributed by atoms with van der Waals surface area (Å²) in [6, 6.07) is 11.9. The number of aryl methyl sites for hydroxylation is 1. The molecular formula is C35H38N4O4S. The topological polar surface area (TPSA) is 114 Å². The molecule has 3 fully saturated rings. The number of thioether (sulfide) groups is 1. The summed E-state index contributed by atoms with van der Waals surface area (Å²) in [6.07, 6.45) is 9.73. The molecule has 0 amide bonds. The number of nitrogens with zero attached hydrogens (tertiary/aromatic N) is 4. The Morgan fingerprint density at radius 2 is 2.02 bits per heavy atom. The lowest BCUT2D eigenvalue weighted by atomic mass is 9.45. The van der Waals surface area contributed by atoms with Crippen LogP contribution in [0.15, 0.2) is 64.0 Å². The fourth-order valence-electron chi connectivity index (χ4n) is 9.70. The van der Waals surface area contributed by atoms with Gasteiger partial charge in [-0.15, -0.1) is 0 Å². The lowest BCUT2D eigenvalue weighted by Crippen LogP contribution is -2.62. The van der Waals surface area contributed by atoms with E-state index in [1.807, 2.05) is 6.20 Å². The van der Waals surface area contributed by atoms with Gasteiger partial charge in [0.15, 0.2) is 17.0 Å². The Labute approximate surface area is 261 Å². The smallest absolute Gasteiger partial charge is 0.258 e. The van der Waals surface area contributed by atoms with Crippen molar-refractivity contribution >= 4 is 34.9 Å². The van der Waals surface area contributed by atoms with Gasteiger partial charge in [0.2, 0.25) is 0 Å². The predicted molar refractivity (Wildman–Crippen MR) is 168 cm³/mol. The minimum absolute atomic E-state index is 0.0636. The molecular weight excluding hydrogens is 572 g/mol. The first kappa shape index (κ1) is 28.2. The summed E-state index contributed by atoms with van der Waals surface area (Å²) in [7, 11) is 0. The third-order valence-corrected chi connectivity index (χ3v) is 12.7. The molecule has 7 atom stereocenters. The molecule has 2 N–H and O–H groups in total. The zero-order chi connectivity index (χ0) is 30.4. The quantitative estimate of drug-likeness (QED) is 0.266. The number of aromatic nitrogens is 4. The first-order chi connectivity index (χ1) is 21.1. The van der Waals surface area contributed by atoms with Crippen LogP contribution in [0.5, 0.6) is 0 Å². The molecule has 44 heavy (non-hydrogen) atoms. The number of fused-ring (bicyclic) bond motifs is 7. The summed E-state index contributed by atoms with van der Waals surface area (Å²) < 4.78 is 7.82. The molecule has 4 aliphatic carbocycles. The normalized spacial score (nSPS) is 34.2. The highest BCUT2D eigenvalue weighted by Crippen LogP contribution is 2.67. The van der Waals surface area contributed by atoms with Crippen LogP contribution in [-0.4, -0.2) is 53.2 Å². The minimum atomic E-state index is -1.49. The minimum Gasteiger partial charge on any atom is -0.430 e. The SMILES string of the molecule is Cc1ccccc1-n1ncc2c1C=C1CCC3C([C@@H](O)CC4(C)C3CCC4(O)C(=O)CSc3nc4ncccc4o3)C1(C)C2. The average Bonchev–Trinajstić information content (AvgIpc) is 3.68. The Morgan fingerprint density at radius 3 is 2.84 bits per heavy atom. The number of aliphatic hydroxyl groups is 2. The number of pyridine rings is 1. The monoisotopic (exact) mass is 610 g/mol. The van der Waals surface area contributed by atoms with Gasteiger partial charge in [-0.25, -0.2) is 9.67 Å². The van der Waals surface area contributed by atoms with Crippen molar-refractivity contribution in [3.05, 3.63) is 71.2 Å². The molecule has 8 rings (SSSR count). The fourth-order valence-corrected chi connectivity index (χ4v) is 10.5. The zero-order valence-corrected chi connectivity index (χ0v) is 26.2. The van der Waals surface area contributed by atoms with Crippen LogP contribution < -0.4 is 0 Å². The summed E-state index contributed by atoms with van der Waals surface area (Å²) in [5.74, 6) is 0.319. The zero-order valence-electron chi connectivity index (χ0n) is 25.4. The molecule has 6 unspecified atom stereocenters. The summed E-state index contributed by atoms with van der Waals surface area (Å²) in [4.78, 5) is 22.4. The van der Waals surface area contributed by atoms with Gasteiger partial charge in [0, 0.05) is 11.6 Å². The molecule has 3 heterocycles. The molecule has 4 aliphatic rings. The second-order valence-corrected chi connectivity index (χ2v) is 14.9. The van der Waals surface area contributed by atoms with E-state index in [1.165, 1.54) is 28.5 Å². The third-order valence-electron chi connectivity index (χ3n) is 11.9. The van der Waals surface area contributed by atoms with E-state index in [2.05, 4.69) is 65.8 Å². The Balaban J connectivity index is 1.06. The number of Topliss-reactive ketones (excluding diaryl/α,β-unsaturated/α-hetero) is 1. The van der Waals surface area contributed by atoms with Gasteiger partial charge in [0.05, 0.1) is 29.4 Å². The van der Waals surface area contributed by atoms with E-state index in [-0.39, 0.29) is 34.7 Å². The Kier molecular flexibility index (Phi) is 6.33. The molecule has 0 radical (unpaired) electrons. The van der Waals surface area contributed by atoms with Crippen molar-refractivity contribution in [1.29, 1.82) is 0 Å².